The third kappa shape index (κ3) is 1.59. The summed E-state index contributed by atoms with van der Waals surface area (Å²) in [5.41, 5.74) is 1.19. The summed E-state index contributed by atoms with van der Waals surface area (Å²) >= 11 is 0. The van der Waals surface area contributed by atoms with Crippen LogP contribution in [0.2, 0.25) is 0 Å². The lowest BCUT2D eigenvalue weighted by atomic mass is 9.89. The van der Waals surface area contributed by atoms with E-state index in [0.29, 0.717) is 5.92 Å². The third-order valence-electron chi connectivity index (χ3n) is 3.01. The van der Waals surface area contributed by atoms with E-state index in [1.54, 1.807) is 12.4 Å². The molecule has 2 aromatic rings. The zero-order valence-electron chi connectivity index (χ0n) is 8.82. The van der Waals surface area contributed by atoms with Crippen LogP contribution in [-0.4, -0.2) is 33.1 Å². The van der Waals surface area contributed by atoms with Crippen LogP contribution in [0.1, 0.15) is 11.6 Å². The van der Waals surface area contributed by atoms with Crippen molar-refractivity contribution >= 4 is 0 Å². The van der Waals surface area contributed by atoms with Gasteiger partial charge in [-0.15, -0.1) is 5.10 Å². The topological polar surface area (TPSA) is 55.6 Å². The molecule has 1 aliphatic heterocycles. The summed E-state index contributed by atoms with van der Waals surface area (Å²) in [6.07, 6.45) is 7.33. The minimum atomic E-state index is 0.248. The Kier molecular flexibility index (Phi) is 2.38. The van der Waals surface area contributed by atoms with Gasteiger partial charge < -0.3 is 5.32 Å². The fourth-order valence-corrected chi connectivity index (χ4v) is 2.09. The Morgan fingerprint density at radius 2 is 2.31 bits per heavy atom. The summed E-state index contributed by atoms with van der Waals surface area (Å²) < 4.78 is 1.92. The standard InChI is InChI=1S/C11H13N5/c1-2-9(6-12-3-1)11(10-7-13-8-10)16-5-4-14-15-16/h1-6,10-11,13H,7-8H2/t11-/m1/s1. The van der Waals surface area contributed by atoms with Gasteiger partial charge in [-0.2, -0.15) is 0 Å². The van der Waals surface area contributed by atoms with Crippen LogP contribution in [0, 0.1) is 5.92 Å². The predicted octanol–water partition coefficient (Wildman–Crippen LogP) is 0.482. The highest BCUT2D eigenvalue weighted by Gasteiger charge is 2.30. The molecule has 16 heavy (non-hydrogen) atoms. The molecule has 3 rings (SSSR count). The van der Waals surface area contributed by atoms with E-state index in [1.165, 1.54) is 5.56 Å². The Hall–Kier alpha value is -1.75. The Labute approximate surface area is 93.5 Å². The molecule has 1 atom stereocenters. The first-order valence-electron chi connectivity index (χ1n) is 5.41. The molecule has 2 aromatic heterocycles. The van der Waals surface area contributed by atoms with Gasteiger partial charge in [0, 0.05) is 37.6 Å². The summed E-state index contributed by atoms with van der Waals surface area (Å²) in [4.78, 5) is 4.17. The van der Waals surface area contributed by atoms with Gasteiger partial charge in [-0.05, 0) is 11.6 Å². The molecule has 1 fully saturated rings. The van der Waals surface area contributed by atoms with Crippen molar-refractivity contribution in [3.05, 3.63) is 42.5 Å². The molecule has 1 aliphatic rings. The molecule has 0 bridgehead atoms. The van der Waals surface area contributed by atoms with Crippen LogP contribution in [-0.2, 0) is 0 Å². The molecule has 5 nitrogen and oxygen atoms in total. The molecule has 0 amide bonds. The summed E-state index contributed by atoms with van der Waals surface area (Å²) in [6, 6.07) is 4.31. The van der Waals surface area contributed by atoms with Crippen LogP contribution in [0.5, 0.6) is 0 Å². The van der Waals surface area contributed by atoms with Gasteiger partial charge in [-0.3, -0.25) is 4.98 Å². The first-order chi connectivity index (χ1) is 7.95. The SMILES string of the molecule is c1cncc([C@H](C2CNC2)n2ccnn2)c1. The highest BCUT2D eigenvalue weighted by molar-refractivity contribution is 5.17. The molecule has 1 saturated heterocycles. The highest BCUT2D eigenvalue weighted by atomic mass is 15.4. The number of nitrogens with one attached hydrogen (secondary N) is 1. The first-order valence-corrected chi connectivity index (χ1v) is 5.41. The third-order valence-corrected chi connectivity index (χ3v) is 3.01. The van der Waals surface area contributed by atoms with Crippen molar-refractivity contribution in [3.63, 3.8) is 0 Å². The number of rotatable bonds is 3. The van der Waals surface area contributed by atoms with Crippen LogP contribution >= 0.6 is 0 Å². The summed E-state index contributed by atoms with van der Waals surface area (Å²) in [5, 5.41) is 11.3. The monoisotopic (exact) mass is 215 g/mol. The van der Waals surface area contributed by atoms with E-state index in [2.05, 4.69) is 26.7 Å². The summed E-state index contributed by atoms with van der Waals surface area (Å²) in [6.45, 7) is 2.05. The Morgan fingerprint density at radius 1 is 1.38 bits per heavy atom. The molecule has 0 unspecified atom stereocenters. The number of aromatic nitrogens is 4. The molecule has 82 valence electrons. The number of hydrogen-bond donors (Lipinski definition) is 1. The lowest BCUT2D eigenvalue weighted by Crippen LogP contribution is -2.47. The lowest BCUT2D eigenvalue weighted by molar-refractivity contribution is 0.249. The summed E-state index contributed by atoms with van der Waals surface area (Å²) in [7, 11) is 0. The minimum absolute atomic E-state index is 0.248. The van der Waals surface area contributed by atoms with Crippen LogP contribution in [0.15, 0.2) is 36.9 Å². The second-order valence-electron chi connectivity index (χ2n) is 4.03. The van der Waals surface area contributed by atoms with Gasteiger partial charge in [0.1, 0.15) is 0 Å². The van der Waals surface area contributed by atoms with Gasteiger partial charge in [0.05, 0.1) is 12.2 Å². The largest absolute Gasteiger partial charge is 0.316 e. The van der Waals surface area contributed by atoms with Crippen LogP contribution in [0.25, 0.3) is 0 Å². The Morgan fingerprint density at radius 3 is 2.88 bits per heavy atom. The minimum Gasteiger partial charge on any atom is -0.316 e. The molecular formula is C11H13N5. The van der Waals surface area contributed by atoms with E-state index in [9.17, 15) is 0 Å². The predicted molar refractivity (Wildman–Crippen MR) is 58.8 cm³/mol. The molecule has 5 heteroatoms. The van der Waals surface area contributed by atoms with Crippen molar-refractivity contribution in [2.45, 2.75) is 6.04 Å². The molecule has 0 aromatic carbocycles. The van der Waals surface area contributed by atoms with E-state index in [0.717, 1.165) is 13.1 Å². The van der Waals surface area contributed by atoms with Gasteiger partial charge in [-0.25, -0.2) is 4.68 Å². The molecule has 3 heterocycles. The second-order valence-corrected chi connectivity index (χ2v) is 4.03. The zero-order valence-corrected chi connectivity index (χ0v) is 8.82. The average Bonchev–Trinajstić information content (AvgIpc) is 2.77. The Balaban J connectivity index is 1.96. The Bertz CT molecular complexity index is 435. The zero-order chi connectivity index (χ0) is 10.8. The van der Waals surface area contributed by atoms with Gasteiger partial charge >= 0.3 is 0 Å². The normalized spacial score (nSPS) is 18.0. The van der Waals surface area contributed by atoms with Crippen molar-refractivity contribution in [1.82, 2.24) is 25.3 Å². The van der Waals surface area contributed by atoms with Crippen LogP contribution < -0.4 is 5.32 Å². The maximum atomic E-state index is 4.17. The summed E-state index contributed by atoms with van der Waals surface area (Å²) in [5.74, 6) is 0.575. The van der Waals surface area contributed by atoms with Crippen molar-refractivity contribution in [2.75, 3.05) is 13.1 Å². The van der Waals surface area contributed by atoms with Gasteiger partial charge in [0.2, 0.25) is 0 Å². The number of nitrogens with zero attached hydrogens (tertiary/aromatic N) is 4. The van der Waals surface area contributed by atoms with Gasteiger partial charge in [-0.1, -0.05) is 11.3 Å². The maximum Gasteiger partial charge on any atom is 0.0853 e. The molecule has 0 saturated carbocycles. The van der Waals surface area contributed by atoms with Crippen molar-refractivity contribution in [3.8, 4) is 0 Å². The van der Waals surface area contributed by atoms with Gasteiger partial charge in [0.15, 0.2) is 0 Å². The van der Waals surface area contributed by atoms with E-state index >= 15 is 0 Å². The van der Waals surface area contributed by atoms with Crippen LogP contribution in [0.3, 0.4) is 0 Å². The smallest absolute Gasteiger partial charge is 0.0853 e. The quantitative estimate of drug-likeness (QED) is 0.809. The number of pyridine rings is 1. The van der Waals surface area contributed by atoms with E-state index in [4.69, 9.17) is 0 Å². The molecule has 0 spiro atoms. The fourth-order valence-electron chi connectivity index (χ4n) is 2.09. The molecule has 1 N–H and O–H groups in total. The van der Waals surface area contributed by atoms with Crippen LogP contribution in [0.4, 0.5) is 0 Å². The molecule has 0 aliphatic carbocycles. The fraction of sp³-hybridized carbons (Fsp3) is 0.364. The van der Waals surface area contributed by atoms with Gasteiger partial charge in [0.25, 0.3) is 0 Å². The second kappa shape index (κ2) is 4.02. The highest BCUT2D eigenvalue weighted by Crippen LogP contribution is 2.27. The average molecular weight is 215 g/mol. The maximum absolute atomic E-state index is 4.17. The first kappa shape index (κ1) is 9.47. The number of hydrogen-bond acceptors (Lipinski definition) is 4. The lowest BCUT2D eigenvalue weighted by Gasteiger charge is -2.34. The van der Waals surface area contributed by atoms with E-state index in [-0.39, 0.29) is 6.04 Å². The molecular weight excluding hydrogens is 202 g/mol. The van der Waals surface area contributed by atoms with Crippen molar-refractivity contribution < 1.29 is 0 Å². The van der Waals surface area contributed by atoms with E-state index in [1.807, 2.05) is 23.1 Å². The van der Waals surface area contributed by atoms with E-state index < -0.39 is 0 Å². The van der Waals surface area contributed by atoms with Crippen molar-refractivity contribution in [1.29, 1.82) is 0 Å². The van der Waals surface area contributed by atoms with Crippen molar-refractivity contribution in [2.24, 2.45) is 5.92 Å². The molecule has 0 radical (unpaired) electrons.